The lowest BCUT2D eigenvalue weighted by atomic mass is 9.92. The Morgan fingerprint density at radius 2 is 2.00 bits per heavy atom. The van der Waals surface area contributed by atoms with Crippen LogP contribution in [0.5, 0.6) is 0 Å². The summed E-state index contributed by atoms with van der Waals surface area (Å²) in [5.74, 6) is 0.663. The number of aliphatic hydroxyl groups excluding tert-OH is 1. The third kappa shape index (κ3) is 5.68. The van der Waals surface area contributed by atoms with Crippen LogP contribution in [-0.2, 0) is 25.5 Å². The number of ether oxygens (including phenoxy) is 2. The molecule has 5 heterocycles. The van der Waals surface area contributed by atoms with Crippen LogP contribution < -0.4 is 16.4 Å². The largest absolute Gasteiger partial charge is 0.449 e. The highest BCUT2D eigenvalue weighted by Gasteiger charge is 2.42. The van der Waals surface area contributed by atoms with Gasteiger partial charge in [0.05, 0.1) is 18.3 Å². The first-order valence-corrected chi connectivity index (χ1v) is 14.2. The molecule has 0 radical (unpaired) electrons. The number of nitrogens with zero attached hydrogens (tertiary/aromatic N) is 5. The van der Waals surface area contributed by atoms with Crippen LogP contribution in [0.1, 0.15) is 57.0 Å². The summed E-state index contributed by atoms with van der Waals surface area (Å²) >= 11 is 0. The van der Waals surface area contributed by atoms with Crippen LogP contribution in [0.15, 0.2) is 6.33 Å². The Morgan fingerprint density at radius 1 is 1.20 bits per heavy atom. The molecule has 3 amide bonds. The zero-order valence-electron chi connectivity index (χ0n) is 22.3. The molecule has 40 heavy (non-hydrogen) atoms. The smallest absolute Gasteiger partial charge is 0.409 e. The van der Waals surface area contributed by atoms with Gasteiger partial charge in [-0.1, -0.05) is 0 Å². The average molecular weight is 557 g/mol. The highest BCUT2D eigenvalue weighted by molar-refractivity contribution is 5.83. The van der Waals surface area contributed by atoms with Gasteiger partial charge in [-0.05, 0) is 44.4 Å². The fourth-order valence-corrected chi connectivity index (χ4v) is 5.68. The predicted molar refractivity (Wildman–Crippen MR) is 141 cm³/mol. The third-order valence-electron chi connectivity index (χ3n) is 8.30. The number of nitrogen functional groups attached to an aromatic ring is 1. The Balaban J connectivity index is 1.02. The molecule has 1 saturated carbocycles. The maximum atomic E-state index is 12.5. The fourth-order valence-electron chi connectivity index (χ4n) is 5.68. The number of anilines is 1. The van der Waals surface area contributed by atoms with Gasteiger partial charge < -0.3 is 35.8 Å². The monoisotopic (exact) mass is 556 g/mol. The number of aromatic nitrogens is 4. The molecule has 14 nitrogen and oxygen atoms in total. The first-order valence-electron chi connectivity index (χ1n) is 14.2. The van der Waals surface area contributed by atoms with Crippen molar-refractivity contribution in [2.24, 2.45) is 11.8 Å². The van der Waals surface area contributed by atoms with Gasteiger partial charge in [0.25, 0.3) is 5.91 Å². The standard InChI is InChI=1S/C26H36N8O6/c27-22-20-23(34(13-29-20)19-11-17(35)21(40-19)25(37)30-16-2-3-16)32-18(31-22)4-1-14-6-9-33(10-7-14)26(38)39-12-15-5-8-28-24(15)36/h13-17,19,21,35H,1-12H2,(H,28,36)(H,30,37)(H2,27,31,32)/t15?,17?,19-,21+/m1/s1. The number of hydrogen-bond acceptors (Lipinski definition) is 10. The van der Waals surface area contributed by atoms with E-state index in [1.54, 1.807) is 15.8 Å². The minimum Gasteiger partial charge on any atom is -0.449 e. The zero-order chi connectivity index (χ0) is 27.8. The molecule has 1 aliphatic carbocycles. The lowest BCUT2D eigenvalue weighted by Crippen LogP contribution is -2.41. The van der Waals surface area contributed by atoms with Gasteiger partial charge in [0.1, 0.15) is 24.2 Å². The van der Waals surface area contributed by atoms with Crippen molar-refractivity contribution < 1.29 is 29.0 Å². The highest BCUT2D eigenvalue weighted by atomic mass is 16.6. The van der Waals surface area contributed by atoms with Crippen LogP contribution >= 0.6 is 0 Å². The summed E-state index contributed by atoms with van der Waals surface area (Å²) in [5.41, 5.74) is 7.18. The van der Waals surface area contributed by atoms with Crippen LogP contribution in [0.3, 0.4) is 0 Å². The van der Waals surface area contributed by atoms with Gasteiger partial charge in [-0.2, -0.15) is 0 Å². The number of aryl methyl sites for hydroxylation is 1. The van der Waals surface area contributed by atoms with E-state index in [1.807, 2.05) is 0 Å². The summed E-state index contributed by atoms with van der Waals surface area (Å²) in [6.45, 7) is 1.97. The number of nitrogens with two attached hydrogens (primary N) is 1. The molecule has 2 unspecified atom stereocenters. The molecular weight excluding hydrogens is 520 g/mol. The van der Waals surface area contributed by atoms with Crippen molar-refractivity contribution in [3.63, 3.8) is 0 Å². The van der Waals surface area contributed by atoms with Crippen LogP contribution in [0.2, 0.25) is 0 Å². The van der Waals surface area contributed by atoms with Gasteiger partial charge in [-0.15, -0.1) is 0 Å². The number of likely N-dealkylation sites (tertiary alicyclic amines) is 1. The molecule has 0 bridgehead atoms. The molecule has 2 aromatic rings. The summed E-state index contributed by atoms with van der Waals surface area (Å²) in [7, 11) is 0. The van der Waals surface area contributed by atoms with Crippen molar-refractivity contribution in [1.29, 1.82) is 0 Å². The van der Waals surface area contributed by atoms with Crippen LogP contribution in [0.4, 0.5) is 10.6 Å². The molecule has 4 fully saturated rings. The molecule has 0 spiro atoms. The van der Waals surface area contributed by atoms with Crippen molar-refractivity contribution in [2.75, 3.05) is 32.0 Å². The highest BCUT2D eigenvalue weighted by Crippen LogP contribution is 2.33. The maximum Gasteiger partial charge on any atom is 0.409 e. The van der Waals surface area contributed by atoms with E-state index in [2.05, 4.69) is 20.6 Å². The molecule has 14 heteroatoms. The Hall–Kier alpha value is -3.52. The molecule has 4 atom stereocenters. The number of nitrogens with one attached hydrogen (secondary N) is 2. The van der Waals surface area contributed by atoms with Crippen molar-refractivity contribution in [2.45, 2.75) is 75.8 Å². The maximum absolute atomic E-state index is 12.5. The minimum absolute atomic E-state index is 0.0515. The van der Waals surface area contributed by atoms with E-state index in [1.165, 1.54) is 0 Å². The summed E-state index contributed by atoms with van der Waals surface area (Å²) in [5, 5.41) is 16.1. The van der Waals surface area contributed by atoms with Crippen molar-refractivity contribution in [3.8, 4) is 0 Å². The van der Waals surface area contributed by atoms with Gasteiger partial charge in [-0.25, -0.2) is 19.7 Å². The van der Waals surface area contributed by atoms with Crippen molar-refractivity contribution in [3.05, 3.63) is 12.2 Å². The Morgan fingerprint density at radius 3 is 2.73 bits per heavy atom. The number of rotatable bonds is 8. The van der Waals surface area contributed by atoms with E-state index in [-0.39, 0.29) is 48.7 Å². The Bertz CT molecular complexity index is 1270. The number of hydrogen-bond donors (Lipinski definition) is 4. The molecule has 3 aliphatic heterocycles. The number of imidazole rings is 1. The summed E-state index contributed by atoms with van der Waals surface area (Å²) in [6, 6.07) is 0.180. The zero-order valence-corrected chi connectivity index (χ0v) is 22.3. The van der Waals surface area contributed by atoms with Crippen LogP contribution in [0, 0.1) is 11.8 Å². The average Bonchev–Trinajstić information content (AvgIpc) is 3.30. The lowest BCUT2D eigenvalue weighted by Gasteiger charge is -2.31. The van der Waals surface area contributed by atoms with Gasteiger partial charge in [0, 0.05) is 38.5 Å². The molecule has 5 N–H and O–H groups in total. The van der Waals surface area contributed by atoms with E-state index in [4.69, 9.17) is 20.2 Å². The van der Waals surface area contributed by atoms with Gasteiger partial charge in [0.2, 0.25) is 5.91 Å². The quantitative estimate of drug-likeness (QED) is 0.351. The number of carbonyl (C=O) groups excluding carboxylic acids is 3. The molecule has 3 saturated heterocycles. The van der Waals surface area contributed by atoms with Crippen LogP contribution in [-0.4, -0.2) is 91.9 Å². The molecule has 0 aromatic carbocycles. The van der Waals surface area contributed by atoms with Gasteiger partial charge >= 0.3 is 6.09 Å². The normalized spacial score (nSPS) is 27.2. The van der Waals surface area contributed by atoms with E-state index < -0.39 is 18.4 Å². The molecule has 216 valence electrons. The number of fused-ring (bicyclic) bond motifs is 1. The number of carbonyl (C=O) groups is 3. The summed E-state index contributed by atoms with van der Waals surface area (Å²) < 4.78 is 13.0. The Kier molecular flexibility index (Phi) is 7.45. The first-order chi connectivity index (χ1) is 19.4. The van der Waals surface area contributed by atoms with Gasteiger partial charge in [0.15, 0.2) is 17.6 Å². The first kappa shape index (κ1) is 26.7. The lowest BCUT2D eigenvalue weighted by molar-refractivity contribution is -0.137. The Labute approximate surface area is 231 Å². The van der Waals surface area contributed by atoms with Crippen LogP contribution in [0.25, 0.3) is 11.2 Å². The molecule has 2 aromatic heterocycles. The SMILES string of the molecule is Nc1nc(CCC2CCN(C(=O)OCC3CCNC3=O)CC2)nc2c1ncn2[C@H]1CC(O)[C@@H](C(=O)NC2CC2)O1. The number of piperidine rings is 1. The topological polar surface area (TPSA) is 187 Å². The summed E-state index contributed by atoms with van der Waals surface area (Å²) in [4.78, 5) is 51.8. The number of amides is 3. The molecule has 6 rings (SSSR count). The van der Waals surface area contributed by atoms with E-state index in [0.717, 1.165) is 32.1 Å². The van der Waals surface area contributed by atoms with Crippen molar-refractivity contribution >= 4 is 34.9 Å². The minimum atomic E-state index is -0.938. The van der Waals surface area contributed by atoms with Crippen molar-refractivity contribution in [1.82, 2.24) is 35.1 Å². The van der Waals surface area contributed by atoms with E-state index in [9.17, 15) is 19.5 Å². The molecule has 4 aliphatic rings. The fraction of sp³-hybridized carbons (Fsp3) is 0.692. The van der Waals surface area contributed by atoms with E-state index >= 15 is 0 Å². The third-order valence-corrected chi connectivity index (χ3v) is 8.30. The van der Waals surface area contributed by atoms with Gasteiger partial charge in [-0.3, -0.25) is 14.2 Å². The summed E-state index contributed by atoms with van der Waals surface area (Å²) in [6.07, 6.45) is 4.72. The second kappa shape index (κ2) is 11.2. The molecular formula is C26H36N8O6. The van der Waals surface area contributed by atoms with E-state index in [0.29, 0.717) is 55.4 Å². The second-order valence-corrected chi connectivity index (χ2v) is 11.3. The number of aliphatic hydroxyl groups is 1. The second-order valence-electron chi connectivity index (χ2n) is 11.3. The predicted octanol–water partition coefficient (Wildman–Crippen LogP) is 0.253.